The molecular formula is C14H36N4O2. The van der Waals surface area contributed by atoms with Crippen molar-refractivity contribution in [2.45, 2.75) is 59.8 Å². The Labute approximate surface area is 125 Å². The number of nitrogens with zero attached hydrogens (tertiary/aromatic N) is 1. The van der Waals surface area contributed by atoms with Crippen LogP contribution >= 0.6 is 0 Å². The molecule has 0 spiro atoms. The van der Waals surface area contributed by atoms with Crippen LogP contribution in [0.4, 0.5) is 0 Å². The molecule has 0 saturated carbocycles. The average molecular weight is 292 g/mol. The third kappa shape index (κ3) is 12.8. The average Bonchev–Trinajstić information content (AvgIpc) is 2.44. The van der Waals surface area contributed by atoms with Gasteiger partial charge in [-0.25, -0.2) is 10.4 Å². The molecule has 0 aliphatic carbocycles. The quantitative estimate of drug-likeness (QED) is 0.399. The van der Waals surface area contributed by atoms with Crippen LogP contribution in [-0.4, -0.2) is 45.1 Å². The van der Waals surface area contributed by atoms with Gasteiger partial charge in [-0.1, -0.05) is 20.8 Å². The Morgan fingerprint density at radius 1 is 1.10 bits per heavy atom. The summed E-state index contributed by atoms with van der Waals surface area (Å²) in [6.07, 6.45) is 2.23. The van der Waals surface area contributed by atoms with Crippen molar-refractivity contribution in [3.05, 3.63) is 0 Å². The maximum absolute atomic E-state index is 5.56. The third-order valence-corrected chi connectivity index (χ3v) is 2.75. The van der Waals surface area contributed by atoms with E-state index < -0.39 is 0 Å². The van der Waals surface area contributed by atoms with Gasteiger partial charge in [0, 0.05) is 20.7 Å². The molecule has 0 radical (unpaired) electrons. The van der Waals surface area contributed by atoms with Crippen LogP contribution in [0.25, 0.3) is 0 Å². The van der Waals surface area contributed by atoms with E-state index in [0.717, 1.165) is 19.4 Å². The van der Waals surface area contributed by atoms with E-state index in [1.54, 1.807) is 7.05 Å². The first-order valence-electron chi connectivity index (χ1n) is 7.60. The summed E-state index contributed by atoms with van der Waals surface area (Å²) in [5.74, 6) is 0.531. The Balaban J connectivity index is 0. The summed E-state index contributed by atoms with van der Waals surface area (Å²) in [5, 5.41) is 1.93. The van der Waals surface area contributed by atoms with Gasteiger partial charge in [0.15, 0.2) is 0 Å². The summed E-state index contributed by atoms with van der Waals surface area (Å²) >= 11 is 0. The first-order chi connectivity index (χ1) is 9.51. The number of ether oxygens (including phenoxy) is 1. The van der Waals surface area contributed by atoms with Gasteiger partial charge < -0.3 is 4.74 Å². The van der Waals surface area contributed by atoms with E-state index in [9.17, 15) is 0 Å². The van der Waals surface area contributed by atoms with Crippen molar-refractivity contribution in [3.8, 4) is 0 Å². The number of rotatable bonds is 11. The highest BCUT2D eigenvalue weighted by Crippen LogP contribution is 2.14. The molecule has 0 bridgehead atoms. The van der Waals surface area contributed by atoms with Crippen molar-refractivity contribution in [3.63, 3.8) is 0 Å². The molecule has 0 aliphatic heterocycles. The number of hydrogen-bond donors (Lipinski definition) is 3. The van der Waals surface area contributed by atoms with Crippen LogP contribution < -0.4 is 16.4 Å². The topological polar surface area (TPSA) is 57.8 Å². The van der Waals surface area contributed by atoms with Crippen LogP contribution in [0.5, 0.6) is 0 Å². The molecule has 0 aliphatic rings. The SMILES string of the molecule is CC.CNNOC(CC(C)CCOC(C)C)N(C)NC. The van der Waals surface area contributed by atoms with Crippen LogP contribution in [0, 0.1) is 5.92 Å². The molecule has 0 aromatic carbocycles. The van der Waals surface area contributed by atoms with Gasteiger partial charge in [-0.15, -0.1) is 5.59 Å². The molecule has 2 unspecified atom stereocenters. The highest BCUT2D eigenvalue weighted by atomic mass is 16.7. The molecule has 0 amide bonds. The minimum absolute atomic E-state index is 0.0310. The van der Waals surface area contributed by atoms with Gasteiger partial charge in [-0.2, -0.15) is 0 Å². The zero-order valence-electron chi connectivity index (χ0n) is 14.6. The monoisotopic (exact) mass is 292 g/mol. The predicted molar refractivity (Wildman–Crippen MR) is 84.7 cm³/mol. The Kier molecular flexibility index (Phi) is 16.7. The standard InChI is InChI=1S/C12H30N4O2.C2H6/c1-10(2)17-8-7-11(3)9-12(16(6)14-5)18-15-13-4;1-2/h10-15H,7-9H2,1-6H3;1-2H3. The molecule has 6 nitrogen and oxygen atoms in total. The highest BCUT2D eigenvalue weighted by molar-refractivity contribution is 4.61. The first-order valence-corrected chi connectivity index (χ1v) is 7.60. The Bertz CT molecular complexity index is 194. The fraction of sp³-hybridized carbons (Fsp3) is 1.00. The third-order valence-electron chi connectivity index (χ3n) is 2.75. The Hall–Kier alpha value is -0.240. The lowest BCUT2D eigenvalue weighted by molar-refractivity contribution is -0.138. The van der Waals surface area contributed by atoms with E-state index in [2.05, 4.69) is 37.2 Å². The maximum Gasteiger partial charge on any atom is 0.145 e. The lowest BCUT2D eigenvalue weighted by atomic mass is 10.0. The molecule has 0 saturated heterocycles. The second-order valence-electron chi connectivity index (χ2n) is 4.81. The fourth-order valence-corrected chi connectivity index (χ4v) is 1.52. The summed E-state index contributed by atoms with van der Waals surface area (Å²) in [5.41, 5.74) is 8.50. The second-order valence-corrected chi connectivity index (χ2v) is 4.81. The van der Waals surface area contributed by atoms with E-state index in [1.165, 1.54) is 0 Å². The summed E-state index contributed by atoms with van der Waals surface area (Å²) in [4.78, 5) is 5.50. The number of nitrogens with one attached hydrogen (secondary N) is 3. The van der Waals surface area contributed by atoms with Crippen LogP contribution in [0.3, 0.4) is 0 Å². The second kappa shape index (κ2) is 15.2. The van der Waals surface area contributed by atoms with E-state index in [-0.39, 0.29) is 6.23 Å². The molecule has 0 rings (SSSR count). The molecule has 124 valence electrons. The molecular weight excluding hydrogens is 256 g/mol. The molecule has 0 fully saturated rings. The van der Waals surface area contributed by atoms with Gasteiger partial charge in [0.1, 0.15) is 6.23 Å². The fourth-order valence-electron chi connectivity index (χ4n) is 1.52. The number of hydrogen-bond acceptors (Lipinski definition) is 6. The highest BCUT2D eigenvalue weighted by Gasteiger charge is 2.18. The van der Waals surface area contributed by atoms with Gasteiger partial charge in [0.2, 0.25) is 0 Å². The van der Waals surface area contributed by atoms with Crippen molar-refractivity contribution < 1.29 is 9.57 Å². The Morgan fingerprint density at radius 2 is 1.70 bits per heavy atom. The maximum atomic E-state index is 5.56. The van der Waals surface area contributed by atoms with E-state index in [0.29, 0.717) is 12.0 Å². The minimum Gasteiger partial charge on any atom is -0.379 e. The smallest absolute Gasteiger partial charge is 0.145 e. The van der Waals surface area contributed by atoms with E-state index >= 15 is 0 Å². The van der Waals surface area contributed by atoms with Gasteiger partial charge in [-0.3, -0.25) is 10.3 Å². The molecule has 3 N–H and O–H groups in total. The summed E-state index contributed by atoms with van der Waals surface area (Å²) in [6, 6.07) is 0. The summed E-state index contributed by atoms with van der Waals surface area (Å²) < 4.78 is 5.56. The summed E-state index contributed by atoms with van der Waals surface area (Å²) in [7, 11) is 5.61. The normalized spacial score (nSPS) is 14.1. The van der Waals surface area contributed by atoms with Crippen molar-refractivity contribution in [2.75, 3.05) is 27.7 Å². The number of hydrazine groups is 2. The predicted octanol–water partition coefficient (Wildman–Crippen LogP) is 1.90. The van der Waals surface area contributed by atoms with Crippen molar-refractivity contribution in [1.29, 1.82) is 0 Å². The molecule has 20 heavy (non-hydrogen) atoms. The lowest BCUT2D eigenvalue weighted by Gasteiger charge is -2.28. The van der Waals surface area contributed by atoms with Crippen molar-refractivity contribution in [2.24, 2.45) is 5.92 Å². The van der Waals surface area contributed by atoms with Crippen molar-refractivity contribution in [1.82, 2.24) is 21.4 Å². The van der Waals surface area contributed by atoms with Crippen LogP contribution in [0.1, 0.15) is 47.5 Å². The summed E-state index contributed by atoms with van der Waals surface area (Å²) in [6.45, 7) is 11.1. The van der Waals surface area contributed by atoms with Gasteiger partial charge in [-0.05, 0) is 39.7 Å². The lowest BCUT2D eigenvalue weighted by Crippen LogP contribution is -2.47. The zero-order chi connectivity index (χ0) is 16.0. The molecule has 0 heterocycles. The zero-order valence-corrected chi connectivity index (χ0v) is 14.6. The van der Waals surface area contributed by atoms with Gasteiger partial charge >= 0.3 is 0 Å². The van der Waals surface area contributed by atoms with Gasteiger partial charge in [0.05, 0.1) is 6.10 Å². The van der Waals surface area contributed by atoms with E-state index in [1.807, 2.05) is 33.0 Å². The van der Waals surface area contributed by atoms with Crippen molar-refractivity contribution >= 4 is 0 Å². The molecule has 0 aromatic rings. The molecule has 2 atom stereocenters. The van der Waals surface area contributed by atoms with Crippen LogP contribution in [-0.2, 0) is 9.57 Å². The van der Waals surface area contributed by atoms with E-state index in [4.69, 9.17) is 9.57 Å². The molecule has 0 aromatic heterocycles. The minimum atomic E-state index is -0.0310. The van der Waals surface area contributed by atoms with Crippen LogP contribution in [0.15, 0.2) is 0 Å². The first kappa shape index (κ1) is 22.0. The Morgan fingerprint density at radius 3 is 2.15 bits per heavy atom. The molecule has 6 heteroatoms. The van der Waals surface area contributed by atoms with Crippen LogP contribution in [0.2, 0.25) is 0 Å². The van der Waals surface area contributed by atoms with Gasteiger partial charge in [0.25, 0.3) is 0 Å². The largest absolute Gasteiger partial charge is 0.379 e.